The number of aryl methyl sites for hydroxylation is 2. The van der Waals surface area contributed by atoms with Crippen LogP contribution in [0.1, 0.15) is 25.6 Å². The number of fused-ring (bicyclic) bond motifs is 1. The van der Waals surface area contributed by atoms with Gasteiger partial charge in [-0.1, -0.05) is 30.3 Å². The van der Waals surface area contributed by atoms with Crippen molar-refractivity contribution in [3.05, 3.63) is 60.4 Å². The Labute approximate surface area is 185 Å². The van der Waals surface area contributed by atoms with E-state index in [1.165, 1.54) is 17.6 Å². The van der Waals surface area contributed by atoms with E-state index in [2.05, 4.69) is 87.5 Å². The van der Waals surface area contributed by atoms with E-state index in [1.54, 1.807) is 0 Å². The molecule has 1 aliphatic heterocycles. The molecule has 0 saturated carbocycles. The number of anilines is 1. The van der Waals surface area contributed by atoms with Gasteiger partial charge >= 0.3 is 0 Å². The average molecular weight is 419 g/mol. The van der Waals surface area contributed by atoms with E-state index in [1.807, 2.05) is 6.07 Å². The van der Waals surface area contributed by atoms with Gasteiger partial charge in [0.05, 0.1) is 11.0 Å². The molecule has 0 amide bonds. The third kappa shape index (κ3) is 5.37. The summed E-state index contributed by atoms with van der Waals surface area (Å²) < 4.78 is 2.30. The standard InChI is InChI=1S/C25H34N6/c1-3-26-25(28-18-21-14-17-30(19-21)22-10-5-4-6-11-22)27-15-9-16-31-20(2)29-23-12-7-8-13-24(23)31/h4-8,10-13,21H,3,9,14-19H2,1-2H3,(H2,26,27,28). The number of imidazole rings is 1. The lowest BCUT2D eigenvalue weighted by Gasteiger charge is -2.18. The summed E-state index contributed by atoms with van der Waals surface area (Å²) in [4.78, 5) is 12.0. The van der Waals surface area contributed by atoms with Crippen molar-refractivity contribution in [2.24, 2.45) is 10.9 Å². The second kappa shape index (κ2) is 10.3. The Hall–Kier alpha value is -3.02. The smallest absolute Gasteiger partial charge is 0.191 e. The summed E-state index contributed by atoms with van der Waals surface area (Å²) in [7, 11) is 0. The van der Waals surface area contributed by atoms with Crippen LogP contribution >= 0.6 is 0 Å². The van der Waals surface area contributed by atoms with E-state index in [4.69, 9.17) is 4.99 Å². The molecule has 6 nitrogen and oxygen atoms in total. The Morgan fingerprint density at radius 2 is 1.90 bits per heavy atom. The zero-order valence-corrected chi connectivity index (χ0v) is 18.7. The van der Waals surface area contributed by atoms with Crippen molar-refractivity contribution in [2.75, 3.05) is 37.6 Å². The molecule has 0 spiro atoms. The maximum Gasteiger partial charge on any atom is 0.191 e. The molecule has 31 heavy (non-hydrogen) atoms. The maximum atomic E-state index is 4.87. The molecule has 1 aromatic heterocycles. The minimum absolute atomic E-state index is 0.607. The fourth-order valence-electron chi connectivity index (χ4n) is 4.34. The van der Waals surface area contributed by atoms with Crippen LogP contribution in [0.25, 0.3) is 11.0 Å². The van der Waals surface area contributed by atoms with Crippen LogP contribution in [0.4, 0.5) is 5.69 Å². The Kier molecular flexibility index (Phi) is 7.07. The molecule has 1 atom stereocenters. The van der Waals surface area contributed by atoms with Crippen LogP contribution in [0.5, 0.6) is 0 Å². The van der Waals surface area contributed by atoms with Crippen molar-refractivity contribution >= 4 is 22.7 Å². The highest BCUT2D eigenvalue weighted by Crippen LogP contribution is 2.23. The highest BCUT2D eigenvalue weighted by molar-refractivity contribution is 5.79. The molecular weight excluding hydrogens is 384 g/mol. The van der Waals surface area contributed by atoms with Gasteiger partial charge < -0.3 is 20.1 Å². The number of para-hydroxylation sites is 3. The van der Waals surface area contributed by atoms with E-state index in [9.17, 15) is 0 Å². The predicted octanol–water partition coefficient (Wildman–Crippen LogP) is 3.82. The number of guanidine groups is 1. The lowest BCUT2D eigenvalue weighted by Crippen LogP contribution is -2.38. The van der Waals surface area contributed by atoms with Gasteiger partial charge in [0.15, 0.2) is 5.96 Å². The second-order valence-corrected chi connectivity index (χ2v) is 8.24. The van der Waals surface area contributed by atoms with Crippen molar-refractivity contribution in [1.29, 1.82) is 0 Å². The Morgan fingerprint density at radius 1 is 1.10 bits per heavy atom. The summed E-state index contributed by atoms with van der Waals surface area (Å²) in [5, 5.41) is 6.90. The molecule has 164 valence electrons. The summed E-state index contributed by atoms with van der Waals surface area (Å²) in [5.74, 6) is 2.61. The summed E-state index contributed by atoms with van der Waals surface area (Å²) in [6, 6.07) is 19.0. The molecule has 0 radical (unpaired) electrons. The third-order valence-electron chi connectivity index (χ3n) is 5.96. The number of rotatable bonds is 8. The van der Waals surface area contributed by atoms with Crippen LogP contribution in [0.3, 0.4) is 0 Å². The van der Waals surface area contributed by atoms with Crippen LogP contribution in [0.15, 0.2) is 59.6 Å². The van der Waals surface area contributed by atoms with Crippen molar-refractivity contribution in [2.45, 2.75) is 33.2 Å². The van der Waals surface area contributed by atoms with Gasteiger partial charge in [0.25, 0.3) is 0 Å². The van der Waals surface area contributed by atoms with Crippen molar-refractivity contribution in [3.63, 3.8) is 0 Å². The van der Waals surface area contributed by atoms with E-state index in [0.717, 1.165) is 63.0 Å². The van der Waals surface area contributed by atoms with Gasteiger partial charge in [-0.3, -0.25) is 4.99 Å². The van der Waals surface area contributed by atoms with Crippen LogP contribution in [-0.2, 0) is 6.54 Å². The molecule has 3 aromatic rings. The van der Waals surface area contributed by atoms with Gasteiger partial charge in [-0.2, -0.15) is 0 Å². The second-order valence-electron chi connectivity index (χ2n) is 8.24. The quantitative estimate of drug-likeness (QED) is 0.332. The first-order chi connectivity index (χ1) is 15.2. The highest BCUT2D eigenvalue weighted by atomic mass is 15.2. The number of hydrogen-bond acceptors (Lipinski definition) is 3. The molecule has 6 heteroatoms. The summed E-state index contributed by atoms with van der Waals surface area (Å²) in [6.45, 7) is 9.98. The van der Waals surface area contributed by atoms with Gasteiger partial charge in [-0.05, 0) is 56.9 Å². The first kappa shape index (κ1) is 21.2. The number of benzene rings is 2. The minimum atomic E-state index is 0.607. The molecule has 1 unspecified atom stereocenters. The fraction of sp³-hybridized carbons (Fsp3) is 0.440. The lowest BCUT2D eigenvalue weighted by atomic mass is 10.1. The Morgan fingerprint density at radius 3 is 2.74 bits per heavy atom. The fourth-order valence-corrected chi connectivity index (χ4v) is 4.34. The van der Waals surface area contributed by atoms with Crippen LogP contribution in [-0.4, -0.2) is 48.2 Å². The number of nitrogens with one attached hydrogen (secondary N) is 2. The van der Waals surface area contributed by atoms with E-state index in [-0.39, 0.29) is 0 Å². The van der Waals surface area contributed by atoms with Crippen LogP contribution in [0, 0.1) is 12.8 Å². The van der Waals surface area contributed by atoms with E-state index >= 15 is 0 Å². The average Bonchev–Trinajstić information content (AvgIpc) is 3.39. The largest absolute Gasteiger partial charge is 0.371 e. The molecule has 2 aromatic carbocycles. The van der Waals surface area contributed by atoms with Crippen LogP contribution < -0.4 is 15.5 Å². The summed E-state index contributed by atoms with van der Waals surface area (Å²) in [6.07, 6.45) is 2.22. The van der Waals surface area contributed by atoms with Crippen LogP contribution in [0.2, 0.25) is 0 Å². The zero-order chi connectivity index (χ0) is 21.5. The molecule has 2 N–H and O–H groups in total. The van der Waals surface area contributed by atoms with Gasteiger partial charge in [-0.25, -0.2) is 4.98 Å². The maximum absolute atomic E-state index is 4.87. The molecule has 2 heterocycles. The highest BCUT2D eigenvalue weighted by Gasteiger charge is 2.22. The lowest BCUT2D eigenvalue weighted by molar-refractivity contribution is 0.594. The number of nitrogens with zero attached hydrogens (tertiary/aromatic N) is 4. The van der Waals surface area contributed by atoms with E-state index in [0.29, 0.717) is 5.92 Å². The Bertz CT molecular complexity index is 994. The van der Waals surface area contributed by atoms with Gasteiger partial charge in [0.1, 0.15) is 5.82 Å². The molecule has 1 aliphatic rings. The third-order valence-corrected chi connectivity index (χ3v) is 5.96. The van der Waals surface area contributed by atoms with E-state index < -0.39 is 0 Å². The SMILES string of the molecule is CCNC(=NCC1CCN(c2ccccc2)C1)NCCCn1c(C)nc2ccccc21. The first-order valence-corrected chi connectivity index (χ1v) is 11.5. The van der Waals surface area contributed by atoms with Crippen molar-refractivity contribution < 1.29 is 0 Å². The number of aromatic nitrogens is 2. The first-order valence-electron chi connectivity index (χ1n) is 11.5. The zero-order valence-electron chi connectivity index (χ0n) is 18.7. The summed E-state index contributed by atoms with van der Waals surface area (Å²) >= 11 is 0. The van der Waals surface area contributed by atoms with Gasteiger partial charge in [0.2, 0.25) is 0 Å². The van der Waals surface area contributed by atoms with Crippen molar-refractivity contribution in [3.8, 4) is 0 Å². The predicted molar refractivity (Wildman–Crippen MR) is 130 cm³/mol. The van der Waals surface area contributed by atoms with Gasteiger partial charge in [-0.15, -0.1) is 0 Å². The molecule has 1 saturated heterocycles. The number of aliphatic imine (C=N–C) groups is 1. The molecular formula is C25H34N6. The normalized spacial score (nSPS) is 16.8. The summed E-state index contributed by atoms with van der Waals surface area (Å²) in [5.41, 5.74) is 3.61. The molecule has 1 fully saturated rings. The molecule has 0 bridgehead atoms. The monoisotopic (exact) mass is 418 g/mol. The Balaban J connectivity index is 1.26. The minimum Gasteiger partial charge on any atom is -0.371 e. The topological polar surface area (TPSA) is 57.5 Å². The van der Waals surface area contributed by atoms with Crippen molar-refractivity contribution in [1.82, 2.24) is 20.2 Å². The molecule has 0 aliphatic carbocycles. The molecule has 4 rings (SSSR count). The number of hydrogen-bond donors (Lipinski definition) is 2. The van der Waals surface area contributed by atoms with Gasteiger partial charge in [0, 0.05) is 45.0 Å².